The third-order valence-electron chi connectivity index (χ3n) is 2.91. The lowest BCUT2D eigenvalue weighted by molar-refractivity contribution is -0.146. The summed E-state index contributed by atoms with van der Waals surface area (Å²) >= 11 is 0. The highest BCUT2D eigenvalue weighted by Gasteiger charge is 2.31. The van der Waals surface area contributed by atoms with E-state index in [2.05, 4.69) is 0 Å². The van der Waals surface area contributed by atoms with Gasteiger partial charge in [-0.3, -0.25) is 4.18 Å². The van der Waals surface area contributed by atoms with Gasteiger partial charge in [-0.1, -0.05) is 17.7 Å². The molecule has 1 atom stereocenters. The highest BCUT2D eigenvalue weighted by Crippen LogP contribution is 2.25. The molecule has 0 spiro atoms. The highest BCUT2D eigenvalue weighted by atomic mass is 32.2. The summed E-state index contributed by atoms with van der Waals surface area (Å²) in [6.07, 6.45) is -7.94. The summed E-state index contributed by atoms with van der Waals surface area (Å²) in [5.41, 5.74) is 0.901. The molecule has 1 unspecified atom stereocenters. The van der Waals surface area contributed by atoms with Crippen LogP contribution in [0.4, 0.5) is 17.6 Å². The standard InChI is InChI=1S/C14H18F4O3S/c1-11-5-7-13(8-6-11)22(19,20)21-9-3-2-4-12(15)10-14(16,17)18/h5-8,12H,2-4,9-10H2,1H3. The van der Waals surface area contributed by atoms with Crippen molar-refractivity contribution in [3.8, 4) is 0 Å². The number of halogens is 4. The summed E-state index contributed by atoms with van der Waals surface area (Å²) in [6, 6.07) is 6.07. The van der Waals surface area contributed by atoms with E-state index in [0.29, 0.717) is 0 Å². The summed E-state index contributed by atoms with van der Waals surface area (Å²) < 4.78 is 77.0. The molecule has 1 aromatic carbocycles. The maximum absolute atomic E-state index is 13.0. The molecule has 0 N–H and O–H groups in total. The van der Waals surface area contributed by atoms with Crippen LogP contribution < -0.4 is 0 Å². The Morgan fingerprint density at radius 1 is 1.14 bits per heavy atom. The van der Waals surface area contributed by atoms with Crippen LogP contribution in [0.25, 0.3) is 0 Å². The minimum Gasteiger partial charge on any atom is -0.266 e. The first-order valence-electron chi connectivity index (χ1n) is 6.77. The molecule has 8 heteroatoms. The summed E-state index contributed by atoms with van der Waals surface area (Å²) in [7, 11) is -3.88. The first kappa shape index (κ1) is 18.9. The Hall–Kier alpha value is -1.15. The lowest BCUT2D eigenvalue weighted by atomic mass is 10.1. The van der Waals surface area contributed by atoms with Crippen molar-refractivity contribution in [1.82, 2.24) is 0 Å². The van der Waals surface area contributed by atoms with Crippen molar-refractivity contribution in [1.29, 1.82) is 0 Å². The second-order valence-electron chi connectivity index (χ2n) is 5.00. The summed E-state index contributed by atoms with van der Waals surface area (Å²) in [5.74, 6) is 0. The second-order valence-corrected chi connectivity index (χ2v) is 6.62. The Kier molecular flexibility index (Phi) is 6.80. The quantitative estimate of drug-likeness (QED) is 0.405. The molecule has 0 heterocycles. The molecular formula is C14H18F4O3S. The Morgan fingerprint density at radius 3 is 2.27 bits per heavy atom. The Balaban J connectivity index is 2.31. The fraction of sp³-hybridized carbons (Fsp3) is 0.571. The number of rotatable bonds is 8. The largest absolute Gasteiger partial charge is 0.391 e. The molecule has 0 radical (unpaired) electrons. The summed E-state index contributed by atoms with van der Waals surface area (Å²) in [5, 5.41) is 0. The third-order valence-corrected chi connectivity index (χ3v) is 4.24. The Bertz CT molecular complexity index is 552. The predicted molar refractivity (Wildman–Crippen MR) is 73.7 cm³/mol. The van der Waals surface area contributed by atoms with Crippen LogP contribution in [0, 0.1) is 6.92 Å². The van der Waals surface area contributed by atoms with Crippen LogP contribution in [-0.2, 0) is 14.3 Å². The predicted octanol–water partition coefficient (Wildman–Crippen LogP) is 4.16. The van der Waals surface area contributed by atoms with Crippen molar-refractivity contribution in [2.24, 2.45) is 0 Å². The molecule has 0 aliphatic carbocycles. The van der Waals surface area contributed by atoms with Crippen molar-refractivity contribution in [2.75, 3.05) is 6.61 Å². The van der Waals surface area contributed by atoms with Crippen LogP contribution in [0.3, 0.4) is 0 Å². The summed E-state index contributed by atoms with van der Waals surface area (Å²) in [6.45, 7) is 1.63. The van der Waals surface area contributed by atoms with Gasteiger partial charge in [0.25, 0.3) is 10.1 Å². The van der Waals surface area contributed by atoms with Crippen LogP contribution in [0.1, 0.15) is 31.2 Å². The van der Waals surface area contributed by atoms with Gasteiger partial charge in [-0.25, -0.2) is 4.39 Å². The van der Waals surface area contributed by atoms with E-state index < -0.39 is 28.9 Å². The molecule has 0 bridgehead atoms. The van der Waals surface area contributed by atoms with Crippen LogP contribution in [0.2, 0.25) is 0 Å². The number of aryl methyl sites for hydroxylation is 1. The monoisotopic (exact) mass is 342 g/mol. The lowest BCUT2D eigenvalue weighted by Gasteiger charge is -2.11. The lowest BCUT2D eigenvalue weighted by Crippen LogP contribution is -2.16. The molecule has 0 amide bonds. The minimum absolute atomic E-state index is 0.0125. The molecule has 0 saturated carbocycles. The van der Waals surface area contributed by atoms with E-state index in [9.17, 15) is 26.0 Å². The van der Waals surface area contributed by atoms with Crippen LogP contribution in [-0.4, -0.2) is 27.4 Å². The zero-order valence-electron chi connectivity index (χ0n) is 12.1. The van der Waals surface area contributed by atoms with E-state index in [-0.39, 0.29) is 30.8 Å². The topological polar surface area (TPSA) is 43.4 Å². The van der Waals surface area contributed by atoms with Gasteiger partial charge in [-0.15, -0.1) is 0 Å². The molecule has 126 valence electrons. The zero-order chi connectivity index (χ0) is 16.8. The van der Waals surface area contributed by atoms with Crippen LogP contribution >= 0.6 is 0 Å². The Labute approximate surface area is 127 Å². The van der Waals surface area contributed by atoms with E-state index in [1.165, 1.54) is 12.1 Å². The van der Waals surface area contributed by atoms with Crippen molar-refractivity contribution < 1.29 is 30.2 Å². The maximum atomic E-state index is 13.0. The molecule has 0 fully saturated rings. The van der Waals surface area contributed by atoms with E-state index in [4.69, 9.17) is 4.18 Å². The van der Waals surface area contributed by atoms with Gasteiger partial charge in [0.2, 0.25) is 0 Å². The average molecular weight is 342 g/mol. The van der Waals surface area contributed by atoms with Crippen molar-refractivity contribution >= 4 is 10.1 Å². The first-order chi connectivity index (χ1) is 10.1. The van der Waals surface area contributed by atoms with Gasteiger partial charge in [0.15, 0.2) is 0 Å². The van der Waals surface area contributed by atoms with E-state index in [1.807, 2.05) is 6.92 Å². The van der Waals surface area contributed by atoms with Crippen molar-refractivity contribution in [3.05, 3.63) is 29.8 Å². The molecule has 0 aliphatic heterocycles. The van der Waals surface area contributed by atoms with Gasteiger partial charge in [0.1, 0.15) is 6.17 Å². The van der Waals surface area contributed by atoms with Crippen LogP contribution in [0.5, 0.6) is 0 Å². The smallest absolute Gasteiger partial charge is 0.266 e. The number of benzene rings is 1. The van der Waals surface area contributed by atoms with E-state index in [0.717, 1.165) is 5.56 Å². The Morgan fingerprint density at radius 2 is 1.73 bits per heavy atom. The van der Waals surface area contributed by atoms with Crippen LogP contribution in [0.15, 0.2) is 29.2 Å². The number of unbranched alkanes of at least 4 members (excludes halogenated alkanes) is 1. The van der Waals surface area contributed by atoms with Gasteiger partial charge in [-0.05, 0) is 38.3 Å². The molecule has 0 aromatic heterocycles. The second kappa shape index (κ2) is 7.92. The maximum Gasteiger partial charge on any atom is 0.391 e. The molecule has 1 rings (SSSR count). The van der Waals surface area contributed by atoms with Gasteiger partial charge >= 0.3 is 6.18 Å². The third kappa shape index (κ3) is 7.22. The molecule has 3 nitrogen and oxygen atoms in total. The zero-order valence-corrected chi connectivity index (χ0v) is 12.9. The first-order valence-corrected chi connectivity index (χ1v) is 8.18. The normalized spacial score (nSPS) is 14.0. The fourth-order valence-electron chi connectivity index (χ4n) is 1.76. The highest BCUT2D eigenvalue weighted by molar-refractivity contribution is 7.86. The molecular weight excluding hydrogens is 324 g/mol. The molecule has 22 heavy (non-hydrogen) atoms. The minimum atomic E-state index is -4.52. The van der Waals surface area contributed by atoms with Crippen molar-refractivity contribution in [3.63, 3.8) is 0 Å². The molecule has 0 saturated heterocycles. The molecule has 0 aliphatic rings. The SMILES string of the molecule is Cc1ccc(S(=O)(=O)OCCCCC(F)CC(F)(F)F)cc1. The number of hydrogen-bond donors (Lipinski definition) is 0. The van der Waals surface area contributed by atoms with Gasteiger partial charge in [0, 0.05) is 0 Å². The number of alkyl halides is 4. The number of hydrogen-bond acceptors (Lipinski definition) is 3. The van der Waals surface area contributed by atoms with Gasteiger partial charge < -0.3 is 0 Å². The average Bonchev–Trinajstić information content (AvgIpc) is 2.36. The van der Waals surface area contributed by atoms with Gasteiger partial charge in [-0.2, -0.15) is 21.6 Å². The fourth-order valence-corrected chi connectivity index (χ4v) is 2.71. The van der Waals surface area contributed by atoms with E-state index >= 15 is 0 Å². The molecule has 1 aromatic rings. The van der Waals surface area contributed by atoms with Crippen molar-refractivity contribution in [2.45, 2.75) is 49.9 Å². The van der Waals surface area contributed by atoms with E-state index in [1.54, 1.807) is 12.1 Å². The summed E-state index contributed by atoms with van der Waals surface area (Å²) in [4.78, 5) is 0.0125. The van der Waals surface area contributed by atoms with Gasteiger partial charge in [0.05, 0.1) is 17.9 Å².